The van der Waals surface area contributed by atoms with Gasteiger partial charge in [0.05, 0.1) is 12.6 Å². The van der Waals surface area contributed by atoms with Crippen molar-refractivity contribution in [3.8, 4) is 0 Å². The van der Waals surface area contributed by atoms with Crippen LogP contribution in [0.25, 0.3) is 0 Å². The SMILES string of the molecule is CC(C)C(NC(=O)CNC(=O)C(N)CCCN=C(N)N)C(=O)NC(CCCCN)C(=O)O. The number of carbonyl (C=O) groups is 4. The molecule has 0 radical (unpaired) electrons. The monoisotopic (exact) mass is 458 g/mol. The first kappa shape index (κ1) is 29.1. The molecule has 0 saturated heterocycles. The second-order valence-corrected chi connectivity index (χ2v) is 7.75. The van der Waals surface area contributed by atoms with Crippen molar-refractivity contribution in [2.75, 3.05) is 19.6 Å². The molecule has 32 heavy (non-hydrogen) atoms. The van der Waals surface area contributed by atoms with Gasteiger partial charge in [-0.3, -0.25) is 19.4 Å². The van der Waals surface area contributed by atoms with Crippen LogP contribution in [-0.2, 0) is 19.2 Å². The van der Waals surface area contributed by atoms with Crippen molar-refractivity contribution in [3.05, 3.63) is 0 Å². The van der Waals surface area contributed by atoms with E-state index in [9.17, 15) is 24.3 Å². The number of carbonyl (C=O) groups excluding carboxylic acids is 3. The summed E-state index contributed by atoms with van der Waals surface area (Å²) in [5, 5.41) is 16.7. The van der Waals surface area contributed by atoms with E-state index in [0.717, 1.165) is 0 Å². The molecule has 0 aromatic carbocycles. The highest BCUT2D eigenvalue weighted by Gasteiger charge is 2.28. The van der Waals surface area contributed by atoms with Gasteiger partial charge in [-0.05, 0) is 44.6 Å². The fraction of sp³-hybridized carbons (Fsp3) is 0.737. The Bertz CT molecular complexity index is 652. The zero-order valence-corrected chi connectivity index (χ0v) is 18.8. The number of aliphatic carboxylic acids is 1. The van der Waals surface area contributed by atoms with Gasteiger partial charge in [0.2, 0.25) is 17.7 Å². The molecule has 0 bridgehead atoms. The molecule has 0 spiro atoms. The number of carboxylic acid groups (broad SMARTS) is 1. The normalized spacial score (nSPS) is 13.5. The number of carboxylic acids is 1. The van der Waals surface area contributed by atoms with Crippen LogP contribution in [0, 0.1) is 5.92 Å². The molecule has 3 atom stereocenters. The lowest BCUT2D eigenvalue weighted by Gasteiger charge is -2.24. The summed E-state index contributed by atoms with van der Waals surface area (Å²) in [5.41, 5.74) is 21.6. The number of nitrogens with two attached hydrogens (primary N) is 4. The summed E-state index contributed by atoms with van der Waals surface area (Å²) < 4.78 is 0. The van der Waals surface area contributed by atoms with Crippen molar-refractivity contribution in [3.63, 3.8) is 0 Å². The van der Waals surface area contributed by atoms with E-state index in [1.54, 1.807) is 13.8 Å². The van der Waals surface area contributed by atoms with Crippen molar-refractivity contribution in [1.82, 2.24) is 16.0 Å². The van der Waals surface area contributed by atoms with Crippen molar-refractivity contribution in [2.45, 2.75) is 64.1 Å². The van der Waals surface area contributed by atoms with Crippen molar-refractivity contribution in [2.24, 2.45) is 33.8 Å². The van der Waals surface area contributed by atoms with Crippen LogP contribution in [0.15, 0.2) is 4.99 Å². The number of hydrogen-bond donors (Lipinski definition) is 8. The zero-order chi connectivity index (χ0) is 24.7. The lowest BCUT2D eigenvalue weighted by Crippen LogP contribution is -2.55. The average molecular weight is 459 g/mol. The number of rotatable bonds is 16. The Hall–Kier alpha value is -2.93. The summed E-state index contributed by atoms with van der Waals surface area (Å²) in [6, 6.07) is -2.89. The molecule has 0 aliphatic rings. The highest BCUT2D eigenvalue weighted by atomic mass is 16.4. The van der Waals surface area contributed by atoms with Gasteiger partial charge >= 0.3 is 5.97 Å². The Morgan fingerprint density at radius 2 is 1.62 bits per heavy atom. The third-order valence-electron chi connectivity index (χ3n) is 4.55. The van der Waals surface area contributed by atoms with Gasteiger partial charge in [-0.2, -0.15) is 0 Å². The van der Waals surface area contributed by atoms with Gasteiger partial charge in [-0.15, -0.1) is 0 Å². The second-order valence-electron chi connectivity index (χ2n) is 7.75. The molecule has 0 heterocycles. The van der Waals surface area contributed by atoms with Crippen LogP contribution < -0.4 is 38.9 Å². The van der Waals surface area contributed by atoms with Crippen LogP contribution in [0.5, 0.6) is 0 Å². The van der Waals surface area contributed by atoms with Gasteiger partial charge in [-0.1, -0.05) is 13.8 Å². The van der Waals surface area contributed by atoms with E-state index in [0.29, 0.717) is 38.8 Å². The maximum Gasteiger partial charge on any atom is 0.326 e. The number of unbranched alkanes of at least 4 members (excludes halogenated alkanes) is 1. The molecular weight excluding hydrogens is 420 g/mol. The fourth-order valence-corrected chi connectivity index (χ4v) is 2.72. The third-order valence-corrected chi connectivity index (χ3v) is 4.55. The van der Waals surface area contributed by atoms with Crippen LogP contribution in [0.2, 0.25) is 0 Å². The first-order valence-corrected chi connectivity index (χ1v) is 10.6. The number of nitrogens with zero attached hydrogens (tertiary/aromatic N) is 1. The van der Waals surface area contributed by atoms with Crippen LogP contribution in [0.3, 0.4) is 0 Å². The Morgan fingerprint density at radius 3 is 2.16 bits per heavy atom. The second kappa shape index (κ2) is 15.8. The first-order chi connectivity index (χ1) is 15.0. The smallest absolute Gasteiger partial charge is 0.326 e. The molecular formula is C19H38N8O5. The minimum absolute atomic E-state index is 0.0475. The lowest BCUT2D eigenvalue weighted by atomic mass is 10.0. The van der Waals surface area contributed by atoms with Gasteiger partial charge in [0.1, 0.15) is 12.1 Å². The Kier molecular flexibility index (Phi) is 14.4. The molecule has 3 amide bonds. The topological polar surface area (TPSA) is 241 Å². The van der Waals surface area contributed by atoms with E-state index in [1.165, 1.54) is 0 Å². The maximum absolute atomic E-state index is 12.6. The summed E-state index contributed by atoms with van der Waals surface area (Å²) in [4.78, 5) is 52.0. The number of aliphatic imine (C=N–C) groups is 1. The van der Waals surface area contributed by atoms with Crippen molar-refractivity contribution in [1.29, 1.82) is 0 Å². The number of hydrogen-bond acceptors (Lipinski definition) is 7. The molecule has 0 aromatic rings. The van der Waals surface area contributed by atoms with E-state index in [4.69, 9.17) is 22.9 Å². The Labute approximate surface area is 188 Å². The van der Waals surface area contributed by atoms with Gasteiger partial charge in [-0.25, -0.2) is 4.79 Å². The van der Waals surface area contributed by atoms with Crippen molar-refractivity contribution >= 4 is 29.7 Å². The van der Waals surface area contributed by atoms with Gasteiger partial charge in [0.25, 0.3) is 0 Å². The molecule has 12 N–H and O–H groups in total. The zero-order valence-electron chi connectivity index (χ0n) is 18.8. The Morgan fingerprint density at radius 1 is 0.969 bits per heavy atom. The fourth-order valence-electron chi connectivity index (χ4n) is 2.72. The van der Waals surface area contributed by atoms with E-state index in [-0.39, 0.29) is 24.8 Å². The minimum Gasteiger partial charge on any atom is -0.480 e. The summed E-state index contributed by atoms with van der Waals surface area (Å²) in [5.74, 6) is -3.27. The van der Waals surface area contributed by atoms with Crippen LogP contribution in [0.4, 0.5) is 0 Å². The van der Waals surface area contributed by atoms with E-state index in [1.807, 2.05) is 0 Å². The van der Waals surface area contributed by atoms with Crippen LogP contribution in [0.1, 0.15) is 46.0 Å². The number of guanidine groups is 1. The summed E-state index contributed by atoms with van der Waals surface area (Å²) in [6.07, 6.45) is 2.23. The lowest BCUT2D eigenvalue weighted by molar-refractivity contribution is -0.142. The predicted octanol–water partition coefficient (Wildman–Crippen LogP) is -2.68. The van der Waals surface area contributed by atoms with E-state index >= 15 is 0 Å². The molecule has 13 nitrogen and oxygen atoms in total. The standard InChI is InChI=1S/C19H38N8O5/c1-11(2)15(17(30)26-13(18(31)32)7-3-4-8-20)27-14(28)10-25-16(29)12(21)6-5-9-24-19(22)23/h11-13,15H,3-10,20-21H2,1-2H3,(H,25,29)(H,26,30)(H,27,28)(H,31,32)(H4,22,23,24). The molecule has 0 saturated carbocycles. The highest BCUT2D eigenvalue weighted by Crippen LogP contribution is 2.06. The molecule has 0 aromatic heterocycles. The first-order valence-electron chi connectivity index (χ1n) is 10.6. The summed E-state index contributed by atoms with van der Waals surface area (Å²) >= 11 is 0. The van der Waals surface area contributed by atoms with E-state index < -0.39 is 41.8 Å². The molecule has 13 heteroatoms. The van der Waals surface area contributed by atoms with Crippen LogP contribution in [-0.4, -0.2) is 72.5 Å². The van der Waals surface area contributed by atoms with Crippen LogP contribution >= 0.6 is 0 Å². The third kappa shape index (κ3) is 12.7. The van der Waals surface area contributed by atoms with Gasteiger partial charge in [0, 0.05) is 6.54 Å². The molecule has 0 aliphatic heterocycles. The molecule has 0 aliphatic carbocycles. The number of amides is 3. The quantitative estimate of drug-likeness (QED) is 0.0681. The molecule has 0 rings (SSSR count). The summed E-state index contributed by atoms with van der Waals surface area (Å²) in [7, 11) is 0. The highest BCUT2D eigenvalue weighted by molar-refractivity contribution is 5.92. The average Bonchev–Trinajstić information content (AvgIpc) is 2.71. The maximum atomic E-state index is 12.6. The minimum atomic E-state index is -1.16. The molecule has 3 unspecified atom stereocenters. The molecule has 0 fully saturated rings. The predicted molar refractivity (Wildman–Crippen MR) is 120 cm³/mol. The number of nitrogens with one attached hydrogen (secondary N) is 3. The van der Waals surface area contributed by atoms with Gasteiger partial charge < -0.3 is 44.0 Å². The van der Waals surface area contributed by atoms with E-state index in [2.05, 4.69) is 20.9 Å². The van der Waals surface area contributed by atoms with Crippen molar-refractivity contribution < 1.29 is 24.3 Å². The molecule has 184 valence electrons. The Balaban J connectivity index is 4.65. The van der Waals surface area contributed by atoms with Gasteiger partial charge in [0.15, 0.2) is 5.96 Å². The largest absolute Gasteiger partial charge is 0.480 e. The summed E-state index contributed by atoms with van der Waals surface area (Å²) in [6.45, 7) is 3.80.